The summed E-state index contributed by atoms with van der Waals surface area (Å²) in [5.74, 6) is 0.0258. The molecule has 1 aliphatic carbocycles. The maximum absolute atomic E-state index is 12.0. The number of para-hydroxylation sites is 1. The molecule has 106 valence electrons. The van der Waals surface area contributed by atoms with Crippen molar-refractivity contribution in [3.8, 4) is 11.3 Å². The van der Waals surface area contributed by atoms with Gasteiger partial charge in [-0.3, -0.25) is 19.9 Å². The number of aryl methyl sites for hydroxylation is 1. The Hall–Kier alpha value is -2.08. The van der Waals surface area contributed by atoms with E-state index in [1.54, 1.807) is 30.3 Å². The minimum absolute atomic E-state index is 0.0189. The van der Waals surface area contributed by atoms with Gasteiger partial charge in [0.25, 0.3) is 5.69 Å². The summed E-state index contributed by atoms with van der Waals surface area (Å²) in [6, 6.07) is 9.87. The number of halogens is 1. The maximum Gasteiger partial charge on any atom is 0.278 e. The lowest BCUT2D eigenvalue weighted by Crippen LogP contribution is -2.23. The zero-order valence-corrected chi connectivity index (χ0v) is 12.5. The van der Waals surface area contributed by atoms with E-state index in [4.69, 9.17) is 0 Å². The fraction of sp³-hybridized carbons (Fsp3) is 0.200. The molecule has 0 spiro atoms. The molecular weight excluding hydrogens is 336 g/mol. The van der Waals surface area contributed by atoms with Crippen molar-refractivity contribution in [1.82, 2.24) is 4.98 Å². The normalized spacial score (nSPS) is 17.4. The van der Waals surface area contributed by atoms with Crippen LogP contribution in [0.5, 0.6) is 0 Å². The van der Waals surface area contributed by atoms with Crippen LogP contribution in [-0.2, 0) is 6.42 Å². The first kappa shape index (κ1) is 13.9. The average Bonchev–Trinajstić information content (AvgIpc) is 2.50. The zero-order chi connectivity index (χ0) is 15.0. The minimum atomic E-state index is -0.421. The molecule has 0 radical (unpaired) electrons. The Morgan fingerprint density at radius 1 is 1.19 bits per heavy atom. The second-order valence-electron chi connectivity index (χ2n) is 4.84. The molecular formula is C15H11BrN2O3. The quantitative estimate of drug-likeness (QED) is 0.473. The number of hydrogen-bond acceptors (Lipinski definition) is 4. The van der Waals surface area contributed by atoms with Crippen molar-refractivity contribution in [1.29, 1.82) is 0 Å². The van der Waals surface area contributed by atoms with Gasteiger partial charge in [0.15, 0.2) is 5.78 Å². The maximum atomic E-state index is 12.0. The van der Waals surface area contributed by atoms with E-state index in [1.165, 1.54) is 6.07 Å². The number of carbonyl (C=O) groups excluding carboxylic acids is 1. The van der Waals surface area contributed by atoms with E-state index in [9.17, 15) is 14.9 Å². The Morgan fingerprint density at radius 2 is 1.95 bits per heavy atom. The number of carbonyl (C=O) groups is 1. The molecule has 21 heavy (non-hydrogen) atoms. The summed E-state index contributed by atoms with van der Waals surface area (Å²) in [5.41, 5.74) is 2.34. The molecule has 0 fully saturated rings. The number of nitro benzene ring substituents is 1. The number of alkyl halides is 1. The standard InChI is InChI=1S/C15H11BrN2O3/c16-11-6-8-13-10(15(11)19)5-7-12(17-13)9-3-1-2-4-14(9)18(20)21/h1-5,7,11H,6,8H2. The summed E-state index contributed by atoms with van der Waals surface area (Å²) < 4.78 is 0. The van der Waals surface area contributed by atoms with Crippen LogP contribution in [-0.4, -0.2) is 20.5 Å². The zero-order valence-electron chi connectivity index (χ0n) is 11.0. The van der Waals surface area contributed by atoms with E-state index in [1.807, 2.05) is 0 Å². The second kappa shape index (κ2) is 5.37. The van der Waals surface area contributed by atoms with Crippen LogP contribution in [0.25, 0.3) is 11.3 Å². The Kier molecular flexibility index (Phi) is 3.55. The number of Topliss-reactive ketones (excluding diaryl/α,β-unsaturated/α-hetero) is 1. The van der Waals surface area contributed by atoms with Gasteiger partial charge in [-0.25, -0.2) is 0 Å². The molecule has 0 aliphatic heterocycles. The Bertz CT molecular complexity index is 745. The summed E-state index contributed by atoms with van der Waals surface area (Å²) in [6.45, 7) is 0. The lowest BCUT2D eigenvalue weighted by atomic mass is 9.94. The second-order valence-corrected chi connectivity index (χ2v) is 5.94. The lowest BCUT2D eigenvalue weighted by Gasteiger charge is -2.18. The molecule has 0 saturated heterocycles. The van der Waals surface area contributed by atoms with Crippen LogP contribution in [0.1, 0.15) is 22.5 Å². The number of nitrogens with zero attached hydrogens (tertiary/aromatic N) is 2. The number of hydrogen-bond donors (Lipinski definition) is 0. The van der Waals surface area contributed by atoms with Crippen molar-refractivity contribution >= 4 is 27.4 Å². The number of pyridine rings is 1. The van der Waals surface area contributed by atoms with Crippen molar-refractivity contribution in [3.05, 3.63) is 57.8 Å². The van der Waals surface area contributed by atoms with Crippen molar-refractivity contribution in [2.45, 2.75) is 17.7 Å². The molecule has 0 amide bonds. The predicted molar refractivity (Wildman–Crippen MR) is 81.7 cm³/mol. The van der Waals surface area contributed by atoms with E-state index in [0.29, 0.717) is 35.4 Å². The first-order chi connectivity index (χ1) is 10.1. The van der Waals surface area contributed by atoms with Crippen LogP contribution in [0.4, 0.5) is 5.69 Å². The molecule has 1 aromatic heterocycles. The van der Waals surface area contributed by atoms with E-state index in [-0.39, 0.29) is 16.3 Å². The number of nitro groups is 1. The topological polar surface area (TPSA) is 73.1 Å². The summed E-state index contributed by atoms with van der Waals surface area (Å²) in [4.78, 5) is 27.0. The number of benzene rings is 1. The highest BCUT2D eigenvalue weighted by molar-refractivity contribution is 9.10. The molecule has 0 bridgehead atoms. The molecule has 0 N–H and O–H groups in total. The highest BCUT2D eigenvalue weighted by atomic mass is 79.9. The van der Waals surface area contributed by atoms with Crippen LogP contribution in [0.3, 0.4) is 0 Å². The molecule has 5 nitrogen and oxygen atoms in total. The van der Waals surface area contributed by atoms with Gasteiger partial charge in [0.1, 0.15) is 0 Å². The molecule has 1 heterocycles. The van der Waals surface area contributed by atoms with E-state index in [2.05, 4.69) is 20.9 Å². The van der Waals surface area contributed by atoms with Crippen LogP contribution >= 0.6 is 15.9 Å². The third-order valence-electron chi connectivity index (χ3n) is 3.54. The third-order valence-corrected chi connectivity index (χ3v) is 4.41. The highest BCUT2D eigenvalue weighted by Gasteiger charge is 2.27. The molecule has 2 aromatic rings. The number of aromatic nitrogens is 1. The van der Waals surface area contributed by atoms with Gasteiger partial charge in [-0.15, -0.1) is 0 Å². The highest BCUT2D eigenvalue weighted by Crippen LogP contribution is 2.31. The van der Waals surface area contributed by atoms with Gasteiger partial charge < -0.3 is 0 Å². The first-order valence-corrected chi connectivity index (χ1v) is 7.41. The van der Waals surface area contributed by atoms with Gasteiger partial charge in [-0.1, -0.05) is 28.1 Å². The molecule has 1 unspecified atom stereocenters. The van der Waals surface area contributed by atoms with E-state index < -0.39 is 4.92 Å². The minimum Gasteiger partial charge on any atom is -0.293 e. The largest absolute Gasteiger partial charge is 0.293 e. The van der Waals surface area contributed by atoms with Gasteiger partial charge in [-0.2, -0.15) is 0 Å². The van der Waals surface area contributed by atoms with Crippen molar-refractivity contribution in [2.24, 2.45) is 0 Å². The number of rotatable bonds is 2. The van der Waals surface area contributed by atoms with Crippen LogP contribution in [0.2, 0.25) is 0 Å². The van der Waals surface area contributed by atoms with Gasteiger partial charge in [0.05, 0.1) is 26.7 Å². The van der Waals surface area contributed by atoms with Gasteiger partial charge in [0.2, 0.25) is 0 Å². The fourth-order valence-electron chi connectivity index (χ4n) is 2.48. The van der Waals surface area contributed by atoms with Crippen molar-refractivity contribution < 1.29 is 9.72 Å². The molecule has 1 atom stereocenters. The monoisotopic (exact) mass is 346 g/mol. The lowest BCUT2D eigenvalue weighted by molar-refractivity contribution is -0.384. The van der Waals surface area contributed by atoms with Crippen molar-refractivity contribution in [3.63, 3.8) is 0 Å². The summed E-state index contributed by atoms with van der Waals surface area (Å²) in [7, 11) is 0. The molecule has 0 saturated carbocycles. The SMILES string of the molecule is O=C1c2ccc(-c3ccccc3[N+](=O)[O-])nc2CCC1Br. The molecule has 1 aliphatic rings. The van der Waals surface area contributed by atoms with Gasteiger partial charge >= 0.3 is 0 Å². The smallest absolute Gasteiger partial charge is 0.278 e. The molecule has 6 heteroatoms. The predicted octanol–water partition coefficient (Wildman–Crippen LogP) is 3.55. The van der Waals surface area contributed by atoms with Gasteiger partial charge in [0, 0.05) is 11.6 Å². The fourth-order valence-corrected chi connectivity index (χ4v) is 2.95. The van der Waals surface area contributed by atoms with Gasteiger partial charge in [-0.05, 0) is 31.0 Å². The van der Waals surface area contributed by atoms with Crippen LogP contribution in [0.15, 0.2) is 36.4 Å². The number of ketones is 1. The van der Waals surface area contributed by atoms with Crippen molar-refractivity contribution in [2.75, 3.05) is 0 Å². The third kappa shape index (κ3) is 2.47. The number of fused-ring (bicyclic) bond motifs is 1. The average molecular weight is 347 g/mol. The Balaban J connectivity index is 2.10. The summed E-state index contributed by atoms with van der Waals surface area (Å²) in [5, 5.41) is 11.1. The first-order valence-electron chi connectivity index (χ1n) is 6.50. The van der Waals surface area contributed by atoms with Crippen LogP contribution < -0.4 is 0 Å². The Labute approximate surface area is 129 Å². The van der Waals surface area contributed by atoms with E-state index in [0.717, 1.165) is 0 Å². The summed E-state index contributed by atoms with van der Waals surface area (Å²) in [6.07, 6.45) is 1.38. The van der Waals surface area contributed by atoms with Crippen LogP contribution in [0, 0.1) is 10.1 Å². The Morgan fingerprint density at radius 3 is 2.71 bits per heavy atom. The molecule has 1 aromatic carbocycles. The molecule has 3 rings (SSSR count). The summed E-state index contributed by atoms with van der Waals surface area (Å²) >= 11 is 3.35. The van der Waals surface area contributed by atoms with E-state index >= 15 is 0 Å².